The molecule has 0 heterocycles. The van der Waals surface area contributed by atoms with Crippen LogP contribution in [0, 0.1) is 0 Å². The highest BCUT2D eigenvalue weighted by Gasteiger charge is 1.96. The third-order valence-corrected chi connectivity index (χ3v) is 0.618. The van der Waals surface area contributed by atoms with Gasteiger partial charge < -0.3 is 11.5 Å². The van der Waals surface area contributed by atoms with Gasteiger partial charge in [0.25, 0.3) is 0 Å². The van der Waals surface area contributed by atoms with Crippen molar-refractivity contribution in [2.75, 3.05) is 0 Å². The van der Waals surface area contributed by atoms with Crippen molar-refractivity contribution in [2.24, 2.45) is 11.5 Å². The molecule has 0 aliphatic rings. The van der Waals surface area contributed by atoms with E-state index < -0.39 is 11.8 Å². The molecule has 0 aromatic rings. The van der Waals surface area contributed by atoms with Gasteiger partial charge in [-0.05, 0) is 0 Å². The summed E-state index contributed by atoms with van der Waals surface area (Å²) in [4.78, 5) is 19.8. The van der Waals surface area contributed by atoms with Gasteiger partial charge in [0.1, 0.15) is 0 Å². The second-order valence-electron chi connectivity index (χ2n) is 1.43. The van der Waals surface area contributed by atoms with E-state index in [1.54, 1.807) is 0 Å². The molecule has 0 bridgehead atoms. The Morgan fingerprint density at radius 3 is 1.38 bits per heavy atom. The molecule has 0 radical (unpaired) electrons. The van der Waals surface area contributed by atoms with E-state index in [1.807, 2.05) is 0 Å². The van der Waals surface area contributed by atoms with E-state index >= 15 is 0 Å². The fourth-order valence-electron chi connectivity index (χ4n) is 0.246. The van der Waals surface area contributed by atoms with Gasteiger partial charge in [-0.1, -0.05) is 0 Å². The van der Waals surface area contributed by atoms with Gasteiger partial charge >= 0.3 is 0 Å². The fourth-order valence-corrected chi connectivity index (χ4v) is 0.246. The lowest BCUT2D eigenvalue weighted by Gasteiger charge is -1.87. The molecule has 0 aromatic heterocycles. The van der Waals surface area contributed by atoms with E-state index in [4.69, 9.17) is 11.5 Å². The van der Waals surface area contributed by atoms with Gasteiger partial charge in [-0.25, -0.2) is 0 Å². The lowest BCUT2D eigenvalue weighted by molar-refractivity contribution is -0.123. The van der Waals surface area contributed by atoms with Crippen LogP contribution < -0.4 is 11.5 Å². The average molecular weight is 116 g/mol. The second-order valence-corrected chi connectivity index (χ2v) is 1.43. The predicted molar refractivity (Wildman–Crippen MR) is 27.6 cm³/mol. The highest BCUT2D eigenvalue weighted by Crippen LogP contribution is 1.82. The van der Waals surface area contributed by atoms with E-state index in [2.05, 4.69) is 0 Å². The highest BCUT2D eigenvalue weighted by atomic mass is 16.2. The number of nitrogens with two attached hydrogens (primary N) is 2. The van der Waals surface area contributed by atoms with Gasteiger partial charge in [0, 0.05) is 12.8 Å². The van der Waals surface area contributed by atoms with Gasteiger partial charge in [0.05, 0.1) is 0 Å². The lowest BCUT2D eigenvalue weighted by atomic mass is 10.3. The zero-order chi connectivity index (χ0) is 6.57. The summed E-state index contributed by atoms with van der Waals surface area (Å²) in [5, 5.41) is 0. The third kappa shape index (κ3) is 4.94. The Bertz CT molecular complexity index is 96.6. The summed E-state index contributed by atoms with van der Waals surface area (Å²) < 4.78 is 0. The van der Waals surface area contributed by atoms with Crippen molar-refractivity contribution in [3.63, 3.8) is 0 Å². The first-order valence-corrected chi connectivity index (χ1v) is 2.19. The summed E-state index contributed by atoms with van der Waals surface area (Å²) in [6, 6.07) is 0. The second kappa shape index (κ2) is 3.01. The van der Waals surface area contributed by atoms with Crippen LogP contribution in [0.3, 0.4) is 0 Å². The summed E-state index contributed by atoms with van der Waals surface area (Å²) in [5.41, 5.74) is 9.39. The monoisotopic (exact) mass is 116 g/mol. The minimum atomic E-state index is -0.496. The molecule has 0 saturated heterocycles. The Balaban J connectivity index is 3.18. The molecule has 4 N–H and O–H groups in total. The van der Waals surface area contributed by atoms with E-state index in [1.165, 1.54) is 0 Å². The van der Waals surface area contributed by atoms with Crippen molar-refractivity contribution in [3.05, 3.63) is 0 Å². The molecular formula is C4H8N2O2. The summed E-state index contributed by atoms with van der Waals surface area (Å²) in [6.45, 7) is 0. The molecule has 2 amide bonds. The molecule has 46 valence electrons. The van der Waals surface area contributed by atoms with Crippen molar-refractivity contribution in [1.29, 1.82) is 0 Å². The molecular weight excluding hydrogens is 108 g/mol. The molecule has 0 aromatic carbocycles. The van der Waals surface area contributed by atoms with Crippen molar-refractivity contribution < 1.29 is 9.59 Å². The van der Waals surface area contributed by atoms with E-state index in [0.29, 0.717) is 0 Å². The Kier molecular flexibility index (Phi) is 2.61. The van der Waals surface area contributed by atoms with Gasteiger partial charge in [0.2, 0.25) is 11.8 Å². The molecule has 0 rings (SSSR count). The Labute approximate surface area is 46.8 Å². The molecule has 0 unspecified atom stereocenters. The molecule has 4 heteroatoms. The number of hydrogen-bond donors (Lipinski definition) is 2. The SMILES string of the molecule is NC(=O)CCC(N)=O. The third-order valence-electron chi connectivity index (χ3n) is 0.618. The van der Waals surface area contributed by atoms with E-state index in [0.717, 1.165) is 0 Å². The minimum absolute atomic E-state index is 0.0509. The number of primary amides is 2. The highest BCUT2D eigenvalue weighted by molar-refractivity contribution is 5.81. The van der Waals surface area contributed by atoms with Crippen molar-refractivity contribution >= 4 is 11.8 Å². The van der Waals surface area contributed by atoms with Crippen LogP contribution in [-0.2, 0) is 9.59 Å². The zero-order valence-electron chi connectivity index (χ0n) is 4.39. The first-order chi connectivity index (χ1) is 3.63. The van der Waals surface area contributed by atoms with Crippen LogP contribution >= 0.6 is 0 Å². The van der Waals surface area contributed by atoms with E-state index in [-0.39, 0.29) is 12.8 Å². The van der Waals surface area contributed by atoms with Crippen LogP contribution in [0.15, 0.2) is 0 Å². The normalized spacial score (nSPS) is 8.50. The first kappa shape index (κ1) is 6.94. The van der Waals surface area contributed by atoms with Crippen LogP contribution in [0.5, 0.6) is 0 Å². The van der Waals surface area contributed by atoms with Crippen LogP contribution in [0.25, 0.3) is 0 Å². The predicted octanol–water partition coefficient (Wildman–Crippen LogP) is -1.26. The molecule has 8 heavy (non-hydrogen) atoms. The smallest absolute Gasteiger partial charge is 0.217 e. The lowest BCUT2D eigenvalue weighted by Crippen LogP contribution is -2.16. The zero-order valence-corrected chi connectivity index (χ0v) is 4.39. The fraction of sp³-hybridized carbons (Fsp3) is 0.500. The first-order valence-electron chi connectivity index (χ1n) is 2.19. The minimum Gasteiger partial charge on any atom is -0.370 e. The number of rotatable bonds is 3. The number of amides is 2. The summed E-state index contributed by atoms with van der Waals surface area (Å²) in [5.74, 6) is -0.993. The molecule has 0 spiro atoms. The van der Waals surface area contributed by atoms with E-state index in [9.17, 15) is 9.59 Å². The van der Waals surface area contributed by atoms with Crippen molar-refractivity contribution in [1.82, 2.24) is 0 Å². The molecule has 0 saturated carbocycles. The molecule has 4 nitrogen and oxygen atoms in total. The van der Waals surface area contributed by atoms with Crippen molar-refractivity contribution in [3.8, 4) is 0 Å². The van der Waals surface area contributed by atoms with Crippen molar-refractivity contribution in [2.45, 2.75) is 12.8 Å². The largest absolute Gasteiger partial charge is 0.370 e. The maximum atomic E-state index is 9.92. The number of carbonyl (C=O) groups is 2. The molecule has 0 atom stereocenters. The molecule has 0 fully saturated rings. The van der Waals surface area contributed by atoms with Gasteiger partial charge in [0.15, 0.2) is 0 Å². The summed E-state index contributed by atoms with van der Waals surface area (Å²) >= 11 is 0. The Morgan fingerprint density at radius 1 is 1.00 bits per heavy atom. The van der Waals surface area contributed by atoms with Gasteiger partial charge in [-0.2, -0.15) is 0 Å². The van der Waals surface area contributed by atoms with Gasteiger partial charge in [-0.15, -0.1) is 0 Å². The average Bonchev–Trinajstić information content (AvgIpc) is 1.61. The summed E-state index contributed by atoms with van der Waals surface area (Å²) in [7, 11) is 0. The number of carbonyl (C=O) groups excluding carboxylic acids is 2. The topological polar surface area (TPSA) is 86.2 Å². The maximum absolute atomic E-state index is 9.92. The quantitative estimate of drug-likeness (QED) is 0.482. The molecule has 0 aliphatic carbocycles. The van der Waals surface area contributed by atoms with Crippen LogP contribution in [-0.4, -0.2) is 11.8 Å². The van der Waals surface area contributed by atoms with Crippen LogP contribution in [0.4, 0.5) is 0 Å². The number of hydrogen-bond acceptors (Lipinski definition) is 2. The molecule has 0 aliphatic heterocycles. The Hall–Kier alpha value is -1.06. The van der Waals surface area contributed by atoms with Crippen LogP contribution in [0.1, 0.15) is 12.8 Å². The standard InChI is InChI=1S/C4H8N2O2/c5-3(7)1-2-4(6)8/h1-2H2,(H2,5,7)(H2,6,8). The Morgan fingerprint density at radius 2 is 1.25 bits per heavy atom. The summed E-state index contributed by atoms with van der Waals surface area (Å²) in [6.07, 6.45) is 0.102. The van der Waals surface area contributed by atoms with Gasteiger partial charge in [-0.3, -0.25) is 9.59 Å². The maximum Gasteiger partial charge on any atom is 0.217 e. The van der Waals surface area contributed by atoms with Crippen LogP contribution in [0.2, 0.25) is 0 Å².